The van der Waals surface area contributed by atoms with Crippen LogP contribution in [0.4, 0.5) is 0 Å². The van der Waals surface area contributed by atoms with E-state index < -0.39 is 0 Å². The lowest BCUT2D eigenvalue weighted by atomic mass is 10.0. The van der Waals surface area contributed by atoms with Crippen LogP contribution in [0.15, 0.2) is 22.8 Å². The van der Waals surface area contributed by atoms with Gasteiger partial charge < -0.3 is 10.1 Å². The average Bonchev–Trinajstić information content (AvgIpc) is 2.78. The molecule has 2 fully saturated rings. The van der Waals surface area contributed by atoms with Gasteiger partial charge in [-0.15, -0.1) is 0 Å². The van der Waals surface area contributed by atoms with Gasteiger partial charge in [-0.05, 0) is 28.1 Å². The molecule has 3 heterocycles. The summed E-state index contributed by atoms with van der Waals surface area (Å²) in [6, 6.07) is 0. The van der Waals surface area contributed by atoms with Gasteiger partial charge in [-0.1, -0.05) is 0 Å². The Balaban J connectivity index is 1.64. The molecule has 0 aromatic carbocycles. The van der Waals surface area contributed by atoms with Gasteiger partial charge in [-0.2, -0.15) is 0 Å². The number of rotatable bonds is 1. The van der Waals surface area contributed by atoms with Crippen molar-refractivity contribution in [1.29, 1.82) is 0 Å². The zero-order valence-corrected chi connectivity index (χ0v) is 10.1. The zero-order chi connectivity index (χ0) is 10.3. The summed E-state index contributed by atoms with van der Waals surface area (Å²) in [5.74, 6) is 1.52. The van der Waals surface area contributed by atoms with Gasteiger partial charge in [0.25, 0.3) is 0 Å². The molecule has 4 heteroatoms. The molecule has 0 aliphatic carbocycles. The molecule has 0 aromatic rings. The molecule has 0 bridgehead atoms. The molecule has 3 aliphatic rings. The van der Waals surface area contributed by atoms with Crippen LogP contribution in [0, 0.1) is 11.8 Å². The molecule has 2 saturated heterocycles. The van der Waals surface area contributed by atoms with Crippen LogP contribution in [0.25, 0.3) is 0 Å². The van der Waals surface area contributed by atoms with E-state index in [0.29, 0.717) is 6.17 Å². The Kier molecular flexibility index (Phi) is 2.58. The smallest absolute Gasteiger partial charge is 0.0985 e. The highest BCUT2D eigenvalue weighted by molar-refractivity contribution is 9.11. The van der Waals surface area contributed by atoms with E-state index in [1.165, 1.54) is 0 Å². The van der Waals surface area contributed by atoms with E-state index in [1.54, 1.807) is 0 Å². The molecule has 1 N–H and O–H groups in total. The summed E-state index contributed by atoms with van der Waals surface area (Å²) >= 11 is 3.45. The minimum atomic E-state index is 0.372. The molecule has 82 valence electrons. The number of likely N-dealkylation sites (tertiary alicyclic amines) is 1. The van der Waals surface area contributed by atoms with Gasteiger partial charge in [-0.25, -0.2) is 0 Å². The topological polar surface area (TPSA) is 24.5 Å². The van der Waals surface area contributed by atoms with E-state index >= 15 is 0 Å². The van der Waals surface area contributed by atoms with Crippen molar-refractivity contribution >= 4 is 15.9 Å². The summed E-state index contributed by atoms with van der Waals surface area (Å²) in [6.45, 7) is 4.24. The molecule has 15 heavy (non-hydrogen) atoms. The van der Waals surface area contributed by atoms with E-state index in [-0.39, 0.29) is 0 Å². The largest absolute Gasteiger partial charge is 0.381 e. The maximum Gasteiger partial charge on any atom is 0.0985 e. The molecule has 3 aliphatic heterocycles. The maximum absolute atomic E-state index is 5.48. The van der Waals surface area contributed by atoms with Crippen LogP contribution < -0.4 is 5.32 Å². The fourth-order valence-corrected chi connectivity index (χ4v) is 2.91. The molecule has 0 saturated carbocycles. The van der Waals surface area contributed by atoms with Gasteiger partial charge in [0.15, 0.2) is 0 Å². The van der Waals surface area contributed by atoms with Crippen LogP contribution in [-0.4, -0.2) is 37.4 Å². The number of nitrogens with one attached hydrogen (secondary N) is 1. The number of halogens is 1. The first-order chi connectivity index (χ1) is 7.33. The van der Waals surface area contributed by atoms with Crippen LogP contribution >= 0.6 is 15.9 Å². The quantitative estimate of drug-likeness (QED) is 0.777. The van der Waals surface area contributed by atoms with Gasteiger partial charge >= 0.3 is 0 Å². The molecule has 0 radical (unpaired) electrons. The molecule has 0 amide bonds. The Morgan fingerprint density at radius 2 is 2.07 bits per heavy atom. The summed E-state index contributed by atoms with van der Waals surface area (Å²) in [5.41, 5.74) is 0. The third kappa shape index (κ3) is 1.86. The van der Waals surface area contributed by atoms with E-state index in [1.807, 2.05) is 6.20 Å². The summed E-state index contributed by atoms with van der Waals surface area (Å²) in [7, 11) is 0. The first-order valence-corrected chi connectivity index (χ1v) is 6.24. The second-order valence-electron chi connectivity index (χ2n) is 4.51. The van der Waals surface area contributed by atoms with E-state index in [4.69, 9.17) is 4.74 Å². The van der Waals surface area contributed by atoms with Crippen LogP contribution in [0.2, 0.25) is 0 Å². The van der Waals surface area contributed by atoms with Crippen molar-refractivity contribution in [2.45, 2.75) is 6.17 Å². The highest BCUT2D eigenvalue weighted by Crippen LogP contribution is 2.30. The van der Waals surface area contributed by atoms with Gasteiger partial charge in [0, 0.05) is 35.6 Å². The van der Waals surface area contributed by atoms with Crippen molar-refractivity contribution < 1.29 is 4.74 Å². The van der Waals surface area contributed by atoms with Crippen LogP contribution in [-0.2, 0) is 4.74 Å². The molecular weight excluding hydrogens is 256 g/mol. The third-order valence-corrected chi connectivity index (χ3v) is 3.98. The summed E-state index contributed by atoms with van der Waals surface area (Å²) < 4.78 is 6.59. The number of fused-ring (bicyclic) bond motifs is 1. The first kappa shape index (κ1) is 9.87. The molecule has 3 rings (SSSR count). The summed E-state index contributed by atoms with van der Waals surface area (Å²) in [4.78, 5) is 2.50. The second-order valence-corrected chi connectivity index (χ2v) is 5.43. The lowest BCUT2D eigenvalue weighted by molar-refractivity contribution is 0.143. The SMILES string of the molecule is BrC1=CNC(N2CC3COCC3C2)C=C1. The maximum atomic E-state index is 5.48. The van der Waals surface area contributed by atoms with Crippen molar-refractivity contribution in [3.63, 3.8) is 0 Å². The summed E-state index contributed by atoms with van der Waals surface area (Å²) in [5, 5.41) is 3.39. The minimum absolute atomic E-state index is 0.372. The van der Waals surface area contributed by atoms with Gasteiger partial charge in [0.2, 0.25) is 0 Å². The van der Waals surface area contributed by atoms with Crippen molar-refractivity contribution in [3.05, 3.63) is 22.8 Å². The number of hydrogen-bond donors (Lipinski definition) is 1. The molecule has 0 spiro atoms. The van der Waals surface area contributed by atoms with Gasteiger partial charge in [-0.3, -0.25) is 4.90 Å². The van der Waals surface area contributed by atoms with Gasteiger partial charge in [0.05, 0.1) is 19.4 Å². The lowest BCUT2D eigenvalue weighted by Crippen LogP contribution is -2.42. The van der Waals surface area contributed by atoms with Crippen molar-refractivity contribution in [2.24, 2.45) is 11.8 Å². The Morgan fingerprint density at radius 1 is 1.33 bits per heavy atom. The second kappa shape index (κ2) is 3.92. The molecule has 0 aromatic heterocycles. The Hall–Kier alpha value is -0.320. The average molecular weight is 271 g/mol. The molecular formula is C11H15BrN2O. The number of ether oxygens (including phenoxy) is 1. The molecule has 3 nitrogen and oxygen atoms in total. The monoisotopic (exact) mass is 270 g/mol. The van der Waals surface area contributed by atoms with Gasteiger partial charge in [0.1, 0.15) is 0 Å². The van der Waals surface area contributed by atoms with E-state index in [0.717, 1.165) is 42.6 Å². The Morgan fingerprint density at radius 3 is 2.67 bits per heavy atom. The summed E-state index contributed by atoms with van der Waals surface area (Å²) in [6.07, 6.45) is 6.73. The van der Waals surface area contributed by atoms with Crippen molar-refractivity contribution in [3.8, 4) is 0 Å². The fourth-order valence-electron chi connectivity index (χ4n) is 2.63. The molecule has 3 unspecified atom stereocenters. The first-order valence-electron chi connectivity index (χ1n) is 5.44. The molecule has 3 atom stereocenters. The lowest BCUT2D eigenvalue weighted by Gasteiger charge is -2.28. The van der Waals surface area contributed by atoms with E-state index in [2.05, 4.69) is 38.3 Å². The minimum Gasteiger partial charge on any atom is -0.381 e. The van der Waals surface area contributed by atoms with Crippen LogP contribution in [0.5, 0.6) is 0 Å². The number of dihydropyridines is 1. The number of allylic oxidation sites excluding steroid dienone is 2. The highest BCUT2D eigenvalue weighted by atomic mass is 79.9. The number of nitrogens with zero attached hydrogens (tertiary/aromatic N) is 1. The Bertz CT molecular complexity index is 304. The van der Waals surface area contributed by atoms with E-state index in [9.17, 15) is 0 Å². The number of hydrogen-bond acceptors (Lipinski definition) is 3. The predicted molar refractivity (Wildman–Crippen MR) is 62.4 cm³/mol. The fraction of sp³-hybridized carbons (Fsp3) is 0.636. The van der Waals surface area contributed by atoms with Crippen molar-refractivity contribution in [2.75, 3.05) is 26.3 Å². The highest BCUT2D eigenvalue weighted by Gasteiger charge is 2.39. The third-order valence-electron chi connectivity index (χ3n) is 3.49. The van der Waals surface area contributed by atoms with Crippen LogP contribution in [0.3, 0.4) is 0 Å². The normalized spacial score (nSPS) is 40.1. The standard InChI is InChI=1S/C11H15BrN2O/c12-10-1-2-11(13-3-10)14-4-8-6-15-7-9(8)5-14/h1-3,8-9,11,13H,4-7H2. The Labute approximate surface area is 98.3 Å². The zero-order valence-electron chi connectivity index (χ0n) is 8.53. The van der Waals surface area contributed by atoms with Crippen molar-refractivity contribution in [1.82, 2.24) is 10.2 Å². The predicted octanol–water partition coefficient (Wildman–Crippen LogP) is 1.29. The van der Waals surface area contributed by atoms with Crippen LogP contribution in [0.1, 0.15) is 0 Å².